The van der Waals surface area contributed by atoms with Crippen LogP contribution in [-0.4, -0.2) is 46.4 Å². The summed E-state index contributed by atoms with van der Waals surface area (Å²) in [5.74, 6) is -1.80. The molecule has 3 aromatic rings. The first-order valence-corrected chi connectivity index (χ1v) is 10.3. The van der Waals surface area contributed by atoms with Gasteiger partial charge in [-0.3, -0.25) is 10.00 Å². The highest BCUT2D eigenvalue weighted by atomic mass is 19.2. The number of amides is 2. The van der Waals surface area contributed by atoms with E-state index >= 15 is 0 Å². The Bertz CT molecular complexity index is 1080. The standard InChI is InChI=1S/C23H22F2N4O2/c24-20-6-1-16(11-21(20)25)14-29-22(30)28(15-23(29)7-9-31-10-8-23)19-4-2-17(3-5-19)18-12-26-27-13-18/h1-6,11-13H,7-10,14-15H2,(H,26,27). The summed E-state index contributed by atoms with van der Waals surface area (Å²) >= 11 is 0. The van der Waals surface area contributed by atoms with E-state index in [1.807, 2.05) is 30.5 Å². The number of aromatic amines is 1. The predicted molar refractivity (Wildman–Crippen MR) is 111 cm³/mol. The van der Waals surface area contributed by atoms with Crippen molar-refractivity contribution in [3.8, 4) is 11.1 Å². The molecule has 1 N–H and O–H groups in total. The van der Waals surface area contributed by atoms with E-state index in [0.717, 1.165) is 28.9 Å². The number of rotatable bonds is 4. The second kappa shape index (κ2) is 7.77. The lowest BCUT2D eigenvalue weighted by atomic mass is 9.89. The van der Waals surface area contributed by atoms with Crippen molar-refractivity contribution < 1.29 is 18.3 Å². The SMILES string of the molecule is O=C1N(c2ccc(-c3cn[nH]c3)cc2)CC2(CCOCC2)N1Cc1ccc(F)c(F)c1. The van der Waals surface area contributed by atoms with Crippen LogP contribution in [0.25, 0.3) is 11.1 Å². The summed E-state index contributed by atoms with van der Waals surface area (Å²) in [5, 5.41) is 6.77. The van der Waals surface area contributed by atoms with Crippen LogP contribution in [-0.2, 0) is 11.3 Å². The van der Waals surface area contributed by atoms with Gasteiger partial charge in [0.05, 0.1) is 18.3 Å². The molecule has 2 fully saturated rings. The van der Waals surface area contributed by atoms with Crippen LogP contribution in [0.4, 0.5) is 19.3 Å². The molecule has 0 aliphatic carbocycles. The lowest BCUT2D eigenvalue weighted by Crippen LogP contribution is -2.50. The van der Waals surface area contributed by atoms with E-state index in [2.05, 4.69) is 10.2 Å². The number of hydrogen-bond donors (Lipinski definition) is 1. The lowest BCUT2D eigenvalue weighted by molar-refractivity contribution is 0.00608. The summed E-state index contributed by atoms with van der Waals surface area (Å²) in [4.78, 5) is 17.0. The summed E-state index contributed by atoms with van der Waals surface area (Å²) in [6.45, 7) is 1.88. The molecule has 2 saturated heterocycles. The van der Waals surface area contributed by atoms with Gasteiger partial charge in [0, 0.05) is 37.2 Å². The van der Waals surface area contributed by atoms with E-state index in [-0.39, 0.29) is 12.6 Å². The highest BCUT2D eigenvalue weighted by Crippen LogP contribution is 2.39. The van der Waals surface area contributed by atoms with Crippen molar-refractivity contribution in [2.75, 3.05) is 24.7 Å². The van der Waals surface area contributed by atoms with Crippen molar-refractivity contribution in [3.63, 3.8) is 0 Å². The fraction of sp³-hybridized carbons (Fsp3) is 0.304. The van der Waals surface area contributed by atoms with Crippen molar-refractivity contribution in [3.05, 3.63) is 72.1 Å². The fourth-order valence-corrected chi connectivity index (χ4v) is 4.48. The molecule has 160 valence electrons. The molecule has 8 heteroatoms. The van der Waals surface area contributed by atoms with Gasteiger partial charge in [-0.15, -0.1) is 0 Å². The summed E-state index contributed by atoms with van der Waals surface area (Å²) in [7, 11) is 0. The molecule has 0 atom stereocenters. The van der Waals surface area contributed by atoms with Gasteiger partial charge >= 0.3 is 6.03 Å². The van der Waals surface area contributed by atoms with Gasteiger partial charge in [-0.05, 0) is 48.2 Å². The molecular weight excluding hydrogens is 402 g/mol. The van der Waals surface area contributed by atoms with Crippen LogP contribution in [0.1, 0.15) is 18.4 Å². The fourth-order valence-electron chi connectivity index (χ4n) is 4.48. The van der Waals surface area contributed by atoms with Crippen molar-refractivity contribution >= 4 is 11.7 Å². The molecule has 2 amide bonds. The van der Waals surface area contributed by atoms with Gasteiger partial charge in [-0.1, -0.05) is 18.2 Å². The number of nitrogens with one attached hydrogen (secondary N) is 1. The Labute approximate surface area is 178 Å². The smallest absolute Gasteiger partial charge is 0.325 e. The van der Waals surface area contributed by atoms with Crippen molar-refractivity contribution in [1.82, 2.24) is 15.1 Å². The maximum absolute atomic E-state index is 13.8. The van der Waals surface area contributed by atoms with E-state index in [0.29, 0.717) is 38.2 Å². The van der Waals surface area contributed by atoms with E-state index in [1.165, 1.54) is 6.07 Å². The summed E-state index contributed by atoms with van der Waals surface area (Å²) in [6.07, 6.45) is 4.96. The molecular formula is C23H22F2N4O2. The lowest BCUT2D eigenvalue weighted by Gasteiger charge is -2.39. The number of anilines is 1. The van der Waals surface area contributed by atoms with Crippen molar-refractivity contribution in [2.24, 2.45) is 0 Å². The minimum absolute atomic E-state index is 0.136. The number of carbonyl (C=O) groups is 1. The Kier molecular flexibility index (Phi) is 4.94. The normalized spacial score (nSPS) is 18.2. The summed E-state index contributed by atoms with van der Waals surface area (Å²) in [5.41, 5.74) is 2.94. The molecule has 3 heterocycles. The zero-order valence-corrected chi connectivity index (χ0v) is 16.9. The van der Waals surface area contributed by atoms with Crippen LogP contribution in [0.2, 0.25) is 0 Å². The molecule has 0 unspecified atom stereocenters. The molecule has 1 aromatic heterocycles. The third-order valence-electron chi connectivity index (χ3n) is 6.25. The topological polar surface area (TPSA) is 61.5 Å². The van der Waals surface area contributed by atoms with Gasteiger partial charge in [0.25, 0.3) is 0 Å². The average molecular weight is 424 g/mol. The molecule has 31 heavy (non-hydrogen) atoms. The zero-order valence-electron chi connectivity index (χ0n) is 16.9. The third kappa shape index (κ3) is 3.57. The van der Waals surface area contributed by atoms with Crippen LogP contribution in [0.3, 0.4) is 0 Å². The minimum atomic E-state index is -0.906. The first kappa shape index (κ1) is 19.7. The molecule has 6 nitrogen and oxygen atoms in total. The van der Waals surface area contributed by atoms with Gasteiger partial charge in [-0.25, -0.2) is 13.6 Å². The van der Waals surface area contributed by atoms with Crippen LogP contribution in [0, 0.1) is 11.6 Å². The molecule has 0 radical (unpaired) electrons. The largest absolute Gasteiger partial charge is 0.381 e. The number of hydrogen-bond acceptors (Lipinski definition) is 3. The van der Waals surface area contributed by atoms with Crippen molar-refractivity contribution in [2.45, 2.75) is 24.9 Å². The molecule has 1 spiro atoms. The first-order valence-electron chi connectivity index (χ1n) is 10.3. The molecule has 0 bridgehead atoms. The average Bonchev–Trinajstić information content (AvgIpc) is 3.41. The second-order valence-electron chi connectivity index (χ2n) is 8.07. The predicted octanol–water partition coefficient (Wildman–Crippen LogP) is 4.35. The van der Waals surface area contributed by atoms with Crippen LogP contribution < -0.4 is 4.90 Å². The number of ether oxygens (including phenoxy) is 1. The van der Waals surface area contributed by atoms with E-state index < -0.39 is 17.2 Å². The maximum atomic E-state index is 13.8. The zero-order chi connectivity index (χ0) is 21.4. The highest BCUT2D eigenvalue weighted by molar-refractivity contribution is 5.95. The Balaban J connectivity index is 1.44. The van der Waals surface area contributed by atoms with E-state index in [1.54, 1.807) is 16.0 Å². The molecule has 2 aliphatic rings. The summed E-state index contributed by atoms with van der Waals surface area (Å²) < 4.78 is 32.7. The number of urea groups is 1. The highest BCUT2D eigenvalue weighted by Gasteiger charge is 2.50. The number of carbonyl (C=O) groups excluding carboxylic acids is 1. The number of benzene rings is 2. The van der Waals surface area contributed by atoms with E-state index in [4.69, 9.17) is 4.74 Å². The second-order valence-corrected chi connectivity index (χ2v) is 8.07. The number of halogens is 2. The van der Waals surface area contributed by atoms with Crippen LogP contribution in [0.15, 0.2) is 54.9 Å². The van der Waals surface area contributed by atoms with Crippen LogP contribution >= 0.6 is 0 Å². The first-order chi connectivity index (χ1) is 15.1. The number of H-pyrrole nitrogens is 1. The van der Waals surface area contributed by atoms with E-state index in [9.17, 15) is 13.6 Å². The Morgan fingerprint density at radius 1 is 1.03 bits per heavy atom. The molecule has 5 rings (SSSR count). The third-order valence-corrected chi connectivity index (χ3v) is 6.25. The van der Waals surface area contributed by atoms with Crippen molar-refractivity contribution in [1.29, 1.82) is 0 Å². The maximum Gasteiger partial charge on any atom is 0.325 e. The Hall–Kier alpha value is -3.26. The number of nitrogens with zero attached hydrogens (tertiary/aromatic N) is 3. The molecule has 2 aromatic carbocycles. The Morgan fingerprint density at radius 2 is 1.81 bits per heavy atom. The van der Waals surface area contributed by atoms with Gasteiger partial charge in [-0.2, -0.15) is 5.10 Å². The Morgan fingerprint density at radius 3 is 2.48 bits per heavy atom. The monoisotopic (exact) mass is 424 g/mol. The van der Waals surface area contributed by atoms with Gasteiger partial charge < -0.3 is 9.64 Å². The van der Waals surface area contributed by atoms with Gasteiger partial charge in [0.2, 0.25) is 0 Å². The van der Waals surface area contributed by atoms with Gasteiger partial charge in [0.1, 0.15) is 0 Å². The summed E-state index contributed by atoms with van der Waals surface area (Å²) in [6, 6.07) is 11.4. The number of aromatic nitrogens is 2. The minimum Gasteiger partial charge on any atom is -0.381 e. The molecule has 2 aliphatic heterocycles. The van der Waals surface area contributed by atoms with Gasteiger partial charge in [0.15, 0.2) is 11.6 Å². The van der Waals surface area contributed by atoms with Crippen LogP contribution in [0.5, 0.6) is 0 Å². The quantitative estimate of drug-likeness (QED) is 0.678. The molecule has 0 saturated carbocycles.